The quantitative estimate of drug-likeness (QED) is 0.479. The van der Waals surface area contributed by atoms with Crippen molar-refractivity contribution in [3.05, 3.63) is 88.4 Å². The van der Waals surface area contributed by atoms with Crippen molar-refractivity contribution in [3.8, 4) is 5.69 Å². The fraction of sp³-hybridized carbons (Fsp3) is 0.143. The van der Waals surface area contributed by atoms with Crippen LogP contribution in [0.2, 0.25) is 0 Å². The Morgan fingerprint density at radius 1 is 1.09 bits per heavy atom. The van der Waals surface area contributed by atoms with Gasteiger partial charge in [-0.1, -0.05) is 24.3 Å². The standard InChI is InChI=1S/C21H15F4N5O2/c22-17-7-2-1-4-13(17)9-26-18(31)11-29-12-27-19-16(20(29)32)10-28-30(19)15-6-3-5-14(8-15)21(23,24)25/h1-8,10,12H,9,11H2,(H,26,31). The summed E-state index contributed by atoms with van der Waals surface area (Å²) >= 11 is 0. The molecule has 7 nitrogen and oxygen atoms in total. The molecule has 1 amide bonds. The first kappa shape index (κ1) is 21.2. The third-order valence-corrected chi connectivity index (χ3v) is 4.72. The second-order valence-corrected chi connectivity index (χ2v) is 6.89. The van der Waals surface area contributed by atoms with E-state index < -0.39 is 29.0 Å². The number of alkyl halides is 3. The summed E-state index contributed by atoms with van der Waals surface area (Å²) in [5.41, 5.74) is -1.02. The van der Waals surface area contributed by atoms with Crippen LogP contribution in [0.4, 0.5) is 17.6 Å². The third-order valence-electron chi connectivity index (χ3n) is 4.72. The van der Waals surface area contributed by atoms with Crippen LogP contribution in [-0.4, -0.2) is 25.2 Å². The van der Waals surface area contributed by atoms with Gasteiger partial charge in [-0.15, -0.1) is 0 Å². The highest BCUT2D eigenvalue weighted by molar-refractivity contribution is 5.77. The average molecular weight is 445 g/mol. The SMILES string of the molecule is O=C(Cn1cnc2c(cnn2-c2cccc(C(F)(F)F)c2)c1=O)NCc1ccccc1F. The first-order valence-electron chi connectivity index (χ1n) is 9.35. The van der Waals surface area contributed by atoms with Crippen LogP contribution in [0.3, 0.4) is 0 Å². The number of hydrogen-bond donors (Lipinski definition) is 1. The molecule has 4 rings (SSSR count). The molecule has 0 aliphatic rings. The molecular formula is C21H15F4N5O2. The molecule has 2 aromatic heterocycles. The summed E-state index contributed by atoms with van der Waals surface area (Å²) in [6.45, 7) is -0.422. The number of hydrogen-bond acceptors (Lipinski definition) is 4. The first-order chi connectivity index (χ1) is 15.2. The van der Waals surface area contributed by atoms with Gasteiger partial charge in [-0.3, -0.25) is 14.2 Å². The summed E-state index contributed by atoms with van der Waals surface area (Å²) in [6.07, 6.45) is -2.24. The van der Waals surface area contributed by atoms with Gasteiger partial charge in [0, 0.05) is 12.1 Å². The number of rotatable bonds is 5. The monoisotopic (exact) mass is 445 g/mol. The van der Waals surface area contributed by atoms with E-state index in [9.17, 15) is 27.2 Å². The lowest BCUT2D eigenvalue weighted by Crippen LogP contribution is -2.32. The minimum atomic E-state index is -4.53. The molecule has 0 bridgehead atoms. The number of amides is 1. The number of fused-ring (bicyclic) bond motifs is 1. The van der Waals surface area contributed by atoms with Gasteiger partial charge in [0.1, 0.15) is 24.1 Å². The summed E-state index contributed by atoms with van der Waals surface area (Å²) in [6, 6.07) is 10.4. The van der Waals surface area contributed by atoms with Crippen LogP contribution >= 0.6 is 0 Å². The Bertz CT molecular complexity index is 1360. The maximum absolute atomic E-state index is 13.6. The molecule has 0 unspecified atom stereocenters. The van der Waals surface area contributed by atoms with Crippen molar-refractivity contribution < 1.29 is 22.4 Å². The van der Waals surface area contributed by atoms with Crippen molar-refractivity contribution in [2.75, 3.05) is 0 Å². The van der Waals surface area contributed by atoms with E-state index in [4.69, 9.17) is 0 Å². The number of halogens is 4. The number of carbonyl (C=O) groups excluding carboxylic acids is 1. The fourth-order valence-electron chi connectivity index (χ4n) is 3.11. The van der Waals surface area contributed by atoms with Crippen molar-refractivity contribution in [2.45, 2.75) is 19.3 Å². The number of benzene rings is 2. The Hall–Kier alpha value is -4.02. The zero-order valence-corrected chi connectivity index (χ0v) is 16.3. The van der Waals surface area contributed by atoms with Crippen LogP contribution in [0.15, 0.2) is 65.8 Å². The van der Waals surface area contributed by atoms with Crippen LogP contribution in [0.1, 0.15) is 11.1 Å². The molecule has 2 aromatic carbocycles. The van der Waals surface area contributed by atoms with Gasteiger partial charge in [-0.2, -0.15) is 18.3 Å². The van der Waals surface area contributed by atoms with Gasteiger partial charge < -0.3 is 5.32 Å². The molecule has 0 aliphatic heterocycles. The molecule has 0 aliphatic carbocycles. The normalized spacial score (nSPS) is 11.6. The average Bonchev–Trinajstić information content (AvgIpc) is 3.19. The lowest BCUT2D eigenvalue weighted by molar-refractivity contribution is -0.137. The highest BCUT2D eigenvalue weighted by atomic mass is 19.4. The van der Waals surface area contributed by atoms with E-state index in [1.165, 1.54) is 36.5 Å². The van der Waals surface area contributed by atoms with Crippen LogP contribution in [0, 0.1) is 5.82 Å². The van der Waals surface area contributed by atoms with Crippen LogP contribution in [-0.2, 0) is 24.1 Å². The molecule has 32 heavy (non-hydrogen) atoms. The molecule has 0 fully saturated rings. The fourth-order valence-corrected chi connectivity index (χ4v) is 3.11. The molecule has 0 spiro atoms. The topological polar surface area (TPSA) is 81.8 Å². The van der Waals surface area contributed by atoms with E-state index in [2.05, 4.69) is 15.4 Å². The highest BCUT2D eigenvalue weighted by Gasteiger charge is 2.30. The largest absolute Gasteiger partial charge is 0.416 e. The van der Waals surface area contributed by atoms with Gasteiger partial charge in [0.05, 0.1) is 17.4 Å². The lowest BCUT2D eigenvalue weighted by Gasteiger charge is -2.10. The van der Waals surface area contributed by atoms with Crippen molar-refractivity contribution >= 4 is 16.9 Å². The summed E-state index contributed by atoms with van der Waals surface area (Å²) in [5, 5.41) is 6.54. The minimum Gasteiger partial charge on any atom is -0.350 e. The maximum Gasteiger partial charge on any atom is 0.416 e. The molecule has 11 heteroatoms. The summed E-state index contributed by atoms with van der Waals surface area (Å²) in [5.74, 6) is -1.00. The van der Waals surface area contributed by atoms with E-state index in [1.54, 1.807) is 6.07 Å². The van der Waals surface area contributed by atoms with Crippen molar-refractivity contribution in [3.63, 3.8) is 0 Å². The number of nitrogens with one attached hydrogen (secondary N) is 1. The van der Waals surface area contributed by atoms with Crippen LogP contribution in [0.25, 0.3) is 16.7 Å². The van der Waals surface area contributed by atoms with Gasteiger partial charge in [0.2, 0.25) is 5.91 Å². The van der Waals surface area contributed by atoms with E-state index >= 15 is 0 Å². The zero-order chi connectivity index (χ0) is 22.9. The van der Waals surface area contributed by atoms with Gasteiger partial charge >= 0.3 is 6.18 Å². The molecule has 164 valence electrons. The Morgan fingerprint density at radius 3 is 2.62 bits per heavy atom. The molecule has 0 radical (unpaired) electrons. The zero-order valence-electron chi connectivity index (χ0n) is 16.3. The molecule has 0 atom stereocenters. The van der Waals surface area contributed by atoms with E-state index in [-0.39, 0.29) is 29.8 Å². The molecule has 0 saturated carbocycles. The van der Waals surface area contributed by atoms with Gasteiger partial charge in [-0.05, 0) is 24.3 Å². The Labute approximate surface area is 177 Å². The molecule has 1 N–H and O–H groups in total. The molecule has 4 aromatic rings. The van der Waals surface area contributed by atoms with Crippen molar-refractivity contribution in [2.24, 2.45) is 0 Å². The number of carbonyl (C=O) groups is 1. The molecular weight excluding hydrogens is 430 g/mol. The Morgan fingerprint density at radius 2 is 1.88 bits per heavy atom. The minimum absolute atomic E-state index is 0.0341. The molecule has 2 heterocycles. The second-order valence-electron chi connectivity index (χ2n) is 6.89. The Kier molecular flexibility index (Phi) is 5.47. The molecule has 0 saturated heterocycles. The van der Waals surface area contributed by atoms with Crippen molar-refractivity contribution in [1.82, 2.24) is 24.6 Å². The van der Waals surface area contributed by atoms with E-state index in [1.807, 2.05) is 0 Å². The highest BCUT2D eigenvalue weighted by Crippen LogP contribution is 2.30. The number of aromatic nitrogens is 4. The van der Waals surface area contributed by atoms with Crippen molar-refractivity contribution in [1.29, 1.82) is 0 Å². The van der Waals surface area contributed by atoms with Gasteiger partial charge in [0.15, 0.2) is 5.65 Å². The maximum atomic E-state index is 13.6. The summed E-state index contributed by atoms with van der Waals surface area (Å²) < 4.78 is 54.8. The third kappa shape index (κ3) is 4.22. The summed E-state index contributed by atoms with van der Waals surface area (Å²) in [4.78, 5) is 29.0. The predicted molar refractivity (Wildman–Crippen MR) is 106 cm³/mol. The number of nitrogens with zero attached hydrogens (tertiary/aromatic N) is 4. The smallest absolute Gasteiger partial charge is 0.350 e. The van der Waals surface area contributed by atoms with Gasteiger partial charge in [0.25, 0.3) is 5.56 Å². The van der Waals surface area contributed by atoms with E-state index in [0.717, 1.165) is 27.7 Å². The van der Waals surface area contributed by atoms with Crippen LogP contribution < -0.4 is 10.9 Å². The lowest BCUT2D eigenvalue weighted by atomic mass is 10.2. The van der Waals surface area contributed by atoms with Crippen LogP contribution in [0.5, 0.6) is 0 Å². The second kappa shape index (κ2) is 8.25. The first-order valence-corrected chi connectivity index (χ1v) is 9.35. The van der Waals surface area contributed by atoms with E-state index in [0.29, 0.717) is 5.56 Å². The Balaban J connectivity index is 1.56. The summed E-state index contributed by atoms with van der Waals surface area (Å²) in [7, 11) is 0. The van der Waals surface area contributed by atoms with Gasteiger partial charge in [-0.25, -0.2) is 14.1 Å². The predicted octanol–water partition coefficient (Wildman–Crippen LogP) is 3.06.